The Morgan fingerprint density at radius 2 is 1.81 bits per heavy atom. The zero-order valence-corrected chi connectivity index (χ0v) is 21.9. The number of aromatic nitrogens is 2. The Morgan fingerprint density at radius 1 is 1.00 bits per heavy atom. The number of benzene rings is 3. The fourth-order valence-corrected chi connectivity index (χ4v) is 4.53. The Balaban J connectivity index is 1.26. The zero-order chi connectivity index (χ0) is 25.3. The molecule has 188 valence electrons. The van der Waals surface area contributed by atoms with Crippen LogP contribution in [-0.2, 0) is 24.2 Å². The highest BCUT2D eigenvalue weighted by Crippen LogP contribution is 2.20. The van der Waals surface area contributed by atoms with Crippen molar-refractivity contribution in [3.8, 4) is 5.75 Å². The van der Waals surface area contributed by atoms with Gasteiger partial charge in [0.2, 0.25) is 5.91 Å². The van der Waals surface area contributed by atoms with E-state index in [1.807, 2.05) is 30.3 Å². The molecule has 0 radical (unpaired) electrons. The molecule has 1 heterocycles. The van der Waals surface area contributed by atoms with Gasteiger partial charge in [0, 0.05) is 24.5 Å². The molecule has 5 nitrogen and oxygen atoms in total. The molecule has 0 aliphatic rings. The molecule has 0 saturated heterocycles. The van der Waals surface area contributed by atoms with E-state index in [4.69, 9.17) is 21.3 Å². The van der Waals surface area contributed by atoms with Gasteiger partial charge in [0.05, 0.1) is 24.1 Å². The van der Waals surface area contributed by atoms with Crippen LogP contribution in [0.25, 0.3) is 11.0 Å². The van der Waals surface area contributed by atoms with Gasteiger partial charge in [-0.3, -0.25) is 4.79 Å². The van der Waals surface area contributed by atoms with Gasteiger partial charge >= 0.3 is 0 Å². The molecule has 1 amide bonds. The van der Waals surface area contributed by atoms with Gasteiger partial charge in [0.1, 0.15) is 11.6 Å². The minimum absolute atomic E-state index is 0.0228. The molecule has 4 aromatic rings. The maximum Gasteiger partial charge on any atom is 0.224 e. The molecule has 1 N–H and O–H groups in total. The Morgan fingerprint density at radius 3 is 2.61 bits per heavy atom. The van der Waals surface area contributed by atoms with Crippen LogP contribution in [0, 0.1) is 13.8 Å². The molecule has 0 saturated carbocycles. The van der Waals surface area contributed by atoms with Crippen LogP contribution >= 0.6 is 11.6 Å². The predicted molar refractivity (Wildman–Crippen MR) is 147 cm³/mol. The summed E-state index contributed by atoms with van der Waals surface area (Å²) in [4.78, 5) is 17.2. The summed E-state index contributed by atoms with van der Waals surface area (Å²) < 4.78 is 8.33. The molecular weight excluding hydrogens is 470 g/mol. The number of amides is 1. The number of unbranched alkanes of at least 4 members (excludes halogenated alkanes) is 1. The average Bonchev–Trinajstić information content (AvgIpc) is 3.21. The number of fused-ring (bicyclic) bond motifs is 1. The Kier molecular flexibility index (Phi) is 9.01. The SMILES string of the molecule is Cc1ccc(OCCCCn2c(CCCNC(=O)Cc3ccc(Cl)cc3)nc3ccccc32)c(C)c1. The number of halogens is 1. The smallest absolute Gasteiger partial charge is 0.224 e. The lowest BCUT2D eigenvalue weighted by Crippen LogP contribution is -2.26. The van der Waals surface area contributed by atoms with Crippen molar-refractivity contribution in [2.75, 3.05) is 13.2 Å². The zero-order valence-electron chi connectivity index (χ0n) is 21.1. The first-order valence-electron chi connectivity index (χ1n) is 12.6. The molecule has 0 aliphatic carbocycles. The minimum atomic E-state index is 0.0228. The number of carbonyl (C=O) groups is 1. The van der Waals surface area contributed by atoms with E-state index in [9.17, 15) is 4.79 Å². The number of para-hydroxylation sites is 2. The number of aryl methyl sites for hydroxylation is 4. The Labute approximate surface area is 218 Å². The van der Waals surface area contributed by atoms with Crippen LogP contribution < -0.4 is 10.1 Å². The topological polar surface area (TPSA) is 56.1 Å². The van der Waals surface area contributed by atoms with Gasteiger partial charge in [-0.2, -0.15) is 0 Å². The fourth-order valence-electron chi connectivity index (χ4n) is 4.41. The number of rotatable bonds is 12. The molecular formula is C30H34ClN3O2. The lowest BCUT2D eigenvalue weighted by atomic mass is 10.1. The van der Waals surface area contributed by atoms with E-state index in [0.29, 0.717) is 24.6 Å². The normalized spacial score (nSPS) is 11.1. The van der Waals surface area contributed by atoms with E-state index in [2.05, 4.69) is 60.1 Å². The van der Waals surface area contributed by atoms with Crippen LogP contribution in [0.5, 0.6) is 5.75 Å². The van der Waals surface area contributed by atoms with E-state index in [1.54, 1.807) is 0 Å². The molecule has 36 heavy (non-hydrogen) atoms. The van der Waals surface area contributed by atoms with Gasteiger partial charge in [-0.25, -0.2) is 4.98 Å². The van der Waals surface area contributed by atoms with Gasteiger partial charge in [-0.1, -0.05) is 53.6 Å². The van der Waals surface area contributed by atoms with E-state index >= 15 is 0 Å². The van der Waals surface area contributed by atoms with Crippen molar-refractivity contribution in [1.29, 1.82) is 0 Å². The maximum atomic E-state index is 12.3. The van der Waals surface area contributed by atoms with Crippen molar-refractivity contribution in [1.82, 2.24) is 14.9 Å². The molecule has 0 bridgehead atoms. The highest BCUT2D eigenvalue weighted by Gasteiger charge is 2.11. The second-order valence-electron chi connectivity index (χ2n) is 9.25. The first-order valence-corrected chi connectivity index (χ1v) is 13.0. The van der Waals surface area contributed by atoms with Gasteiger partial charge in [-0.05, 0) is 74.6 Å². The predicted octanol–water partition coefficient (Wildman–Crippen LogP) is 6.46. The molecule has 1 aromatic heterocycles. The standard InChI is InChI=1S/C30H34ClN3O2/c1-22-11-16-28(23(2)20-22)36-19-6-5-18-34-27-9-4-3-8-26(27)33-29(34)10-7-17-32-30(35)21-24-12-14-25(31)15-13-24/h3-4,8-9,11-16,20H,5-7,10,17-19,21H2,1-2H3,(H,32,35). The van der Waals surface area contributed by atoms with Crippen LogP contribution in [0.1, 0.15) is 41.8 Å². The molecule has 0 spiro atoms. The quantitative estimate of drug-likeness (QED) is 0.226. The van der Waals surface area contributed by atoms with E-state index in [-0.39, 0.29) is 5.91 Å². The molecule has 3 aromatic carbocycles. The highest BCUT2D eigenvalue weighted by molar-refractivity contribution is 6.30. The van der Waals surface area contributed by atoms with Crippen LogP contribution in [-0.4, -0.2) is 28.6 Å². The molecule has 0 unspecified atom stereocenters. The van der Waals surface area contributed by atoms with Gasteiger partial charge in [-0.15, -0.1) is 0 Å². The Bertz CT molecular complexity index is 1300. The van der Waals surface area contributed by atoms with Gasteiger partial charge in [0.15, 0.2) is 0 Å². The van der Waals surface area contributed by atoms with Crippen molar-refractivity contribution in [3.63, 3.8) is 0 Å². The lowest BCUT2D eigenvalue weighted by molar-refractivity contribution is -0.120. The van der Waals surface area contributed by atoms with Crippen LogP contribution in [0.3, 0.4) is 0 Å². The first kappa shape index (κ1) is 25.8. The third-order valence-corrected chi connectivity index (χ3v) is 6.53. The second kappa shape index (κ2) is 12.6. The molecule has 4 rings (SSSR count). The number of hydrogen-bond donors (Lipinski definition) is 1. The summed E-state index contributed by atoms with van der Waals surface area (Å²) in [5.41, 5.74) is 5.57. The van der Waals surface area contributed by atoms with Crippen molar-refractivity contribution in [3.05, 3.63) is 94.3 Å². The summed E-state index contributed by atoms with van der Waals surface area (Å²) in [6, 6.07) is 22.0. The van der Waals surface area contributed by atoms with Crippen LogP contribution in [0.2, 0.25) is 5.02 Å². The minimum Gasteiger partial charge on any atom is -0.493 e. The molecule has 0 fully saturated rings. The van der Waals surface area contributed by atoms with Crippen molar-refractivity contribution in [2.45, 2.75) is 52.5 Å². The number of ether oxygens (including phenoxy) is 1. The Hall–Kier alpha value is -3.31. The number of nitrogens with one attached hydrogen (secondary N) is 1. The summed E-state index contributed by atoms with van der Waals surface area (Å²) in [6.45, 7) is 6.41. The molecule has 0 aliphatic heterocycles. The average molecular weight is 504 g/mol. The van der Waals surface area contributed by atoms with Gasteiger partial charge in [0.25, 0.3) is 0 Å². The largest absolute Gasteiger partial charge is 0.493 e. The van der Waals surface area contributed by atoms with Crippen molar-refractivity contribution < 1.29 is 9.53 Å². The third-order valence-electron chi connectivity index (χ3n) is 6.27. The summed E-state index contributed by atoms with van der Waals surface area (Å²) in [5.74, 6) is 2.06. The van der Waals surface area contributed by atoms with Crippen LogP contribution in [0.4, 0.5) is 0 Å². The number of carbonyl (C=O) groups excluding carboxylic acids is 1. The molecule has 0 atom stereocenters. The summed E-state index contributed by atoms with van der Waals surface area (Å²) in [7, 11) is 0. The van der Waals surface area contributed by atoms with Crippen molar-refractivity contribution >= 4 is 28.5 Å². The maximum absolute atomic E-state index is 12.3. The van der Waals surface area contributed by atoms with Crippen molar-refractivity contribution in [2.24, 2.45) is 0 Å². The second-order valence-corrected chi connectivity index (χ2v) is 9.69. The van der Waals surface area contributed by atoms with E-state index in [0.717, 1.165) is 60.4 Å². The summed E-state index contributed by atoms with van der Waals surface area (Å²) >= 11 is 5.92. The third kappa shape index (κ3) is 7.11. The highest BCUT2D eigenvalue weighted by atomic mass is 35.5. The molecule has 6 heteroatoms. The summed E-state index contributed by atoms with van der Waals surface area (Å²) in [6.07, 6.45) is 4.00. The summed E-state index contributed by atoms with van der Waals surface area (Å²) in [5, 5.41) is 3.70. The first-order chi connectivity index (χ1) is 17.5. The lowest BCUT2D eigenvalue weighted by Gasteiger charge is -2.12. The van der Waals surface area contributed by atoms with Crippen LogP contribution in [0.15, 0.2) is 66.7 Å². The van der Waals surface area contributed by atoms with Gasteiger partial charge < -0.3 is 14.6 Å². The fraction of sp³-hybridized carbons (Fsp3) is 0.333. The van der Waals surface area contributed by atoms with E-state index < -0.39 is 0 Å². The number of imidazole rings is 1. The number of hydrogen-bond acceptors (Lipinski definition) is 3. The monoisotopic (exact) mass is 503 g/mol. The van der Waals surface area contributed by atoms with E-state index in [1.165, 1.54) is 11.1 Å². The number of nitrogens with zero attached hydrogens (tertiary/aromatic N) is 2.